The van der Waals surface area contributed by atoms with Crippen LogP contribution in [0.15, 0.2) is 78.9 Å². The summed E-state index contributed by atoms with van der Waals surface area (Å²) in [5.74, 6) is 0.879. The molecule has 172 valence electrons. The molecule has 33 heavy (non-hydrogen) atoms. The fourth-order valence-corrected chi connectivity index (χ4v) is 4.78. The van der Waals surface area contributed by atoms with Crippen LogP contribution in [-0.4, -0.2) is 42.9 Å². The van der Waals surface area contributed by atoms with Crippen molar-refractivity contribution < 1.29 is 9.84 Å². The largest absolute Gasteiger partial charge is 0.492 e. The van der Waals surface area contributed by atoms with Crippen molar-refractivity contribution in [1.29, 1.82) is 0 Å². The van der Waals surface area contributed by atoms with Crippen LogP contribution in [0.3, 0.4) is 0 Å². The minimum absolute atomic E-state index is 0.0502. The third kappa shape index (κ3) is 6.26. The summed E-state index contributed by atoms with van der Waals surface area (Å²) in [6.07, 6.45) is 4.46. The van der Waals surface area contributed by atoms with Crippen LogP contribution in [-0.2, 0) is 0 Å². The van der Waals surface area contributed by atoms with E-state index in [1.807, 2.05) is 54.6 Å². The van der Waals surface area contributed by atoms with Gasteiger partial charge in [-0.2, -0.15) is 0 Å². The smallest absolute Gasteiger partial charge is 0.119 e. The van der Waals surface area contributed by atoms with Gasteiger partial charge in [-0.15, -0.1) is 0 Å². The average molecular weight is 462 g/mol. The first-order valence-electron chi connectivity index (χ1n) is 11.9. The molecule has 3 aromatic rings. The first-order valence-corrected chi connectivity index (χ1v) is 12.2. The molecular weight excluding hydrogens is 430 g/mol. The number of aliphatic hydroxyl groups is 1. The lowest BCUT2D eigenvalue weighted by Crippen LogP contribution is -2.33. The molecule has 1 saturated heterocycles. The maximum absolute atomic E-state index is 9.88. The van der Waals surface area contributed by atoms with Gasteiger partial charge in [0.2, 0.25) is 0 Å². The second-order valence-corrected chi connectivity index (χ2v) is 8.86. The van der Waals surface area contributed by atoms with Gasteiger partial charge in [0.15, 0.2) is 0 Å². The van der Waals surface area contributed by atoms with Gasteiger partial charge < -0.3 is 9.84 Å². The zero-order chi connectivity index (χ0) is 22.9. The predicted molar refractivity (Wildman–Crippen MR) is 138 cm³/mol. The molecular formula is C29H32ClNO2. The number of hydrogen-bond donors (Lipinski definition) is 1. The minimum Gasteiger partial charge on any atom is -0.492 e. The molecule has 1 N–H and O–H groups in total. The van der Waals surface area contributed by atoms with Crippen LogP contribution in [0.2, 0.25) is 5.02 Å². The summed E-state index contributed by atoms with van der Waals surface area (Å²) in [5, 5.41) is 10.6. The lowest BCUT2D eigenvalue weighted by atomic mass is 9.88. The van der Waals surface area contributed by atoms with Gasteiger partial charge in [-0.1, -0.05) is 78.7 Å². The number of likely N-dealkylation sites (tertiary alicyclic amines) is 1. The van der Waals surface area contributed by atoms with Crippen LogP contribution in [0, 0.1) is 0 Å². The number of hydrogen-bond acceptors (Lipinski definition) is 3. The van der Waals surface area contributed by atoms with Crippen molar-refractivity contribution in [2.24, 2.45) is 0 Å². The summed E-state index contributed by atoms with van der Waals surface area (Å²) in [6, 6.07) is 26.4. The number of piperidine rings is 1. The van der Waals surface area contributed by atoms with Gasteiger partial charge in [0.05, 0.1) is 0 Å². The number of nitrogens with zero attached hydrogens (tertiary/aromatic N) is 1. The molecule has 0 aliphatic carbocycles. The Kier molecular flexibility index (Phi) is 8.59. The minimum atomic E-state index is 0.0502. The fraction of sp³-hybridized carbons (Fsp3) is 0.310. The standard InChI is InChI=1S/C29H32ClNO2/c30-28-12-6-5-11-26(28)27(17-21-32)29(23-9-3-1-4-10-23)24-13-15-25(16-14-24)33-22-20-31-18-7-2-8-19-31/h1,3-6,9-16,32H,2,7-8,17-22H2. The number of rotatable bonds is 9. The van der Waals surface area contributed by atoms with Gasteiger partial charge in [-0.25, -0.2) is 0 Å². The van der Waals surface area contributed by atoms with Crippen LogP contribution >= 0.6 is 11.6 Å². The van der Waals surface area contributed by atoms with Gasteiger partial charge in [0.1, 0.15) is 12.4 Å². The second kappa shape index (κ2) is 12.0. The quantitative estimate of drug-likeness (QED) is 0.367. The van der Waals surface area contributed by atoms with Crippen LogP contribution < -0.4 is 4.74 Å². The number of aliphatic hydroxyl groups excluding tert-OH is 1. The van der Waals surface area contributed by atoms with E-state index in [-0.39, 0.29) is 6.61 Å². The molecule has 1 aliphatic heterocycles. The molecule has 0 atom stereocenters. The number of halogens is 1. The van der Waals surface area contributed by atoms with Gasteiger partial charge >= 0.3 is 0 Å². The third-order valence-corrected chi connectivity index (χ3v) is 6.52. The Labute approximate surface area is 202 Å². The molecule has 0 radical (unpaired) electrons. The molecule has 0 unspecified atom stereocenters. The van der Waals surface area contributed by atoms with Gasteiger partial charge in [0.25, 0.3) is 0 Å². The van der Waals surface area contributed by atoms with E-state index in [4.69, 9.17) is 16.3 Å². The van der Waals surface area contributed by atoms with E-state index in [1.54, 1.807) is 0 Å². The third-order valence-electron chi connectivity index (χ3n) is 6.19. The second-order valence-electron chi connectivity index (χ2n) is 8.45. The van der Waals surface area contributed by atoms with Crippen molar-refractivity contribution in [3.8, 4) is 5.75 Å². The van der Waals surface area contributed by atoms with Crippen molar-refractivity contribution >= 4 is 22.7 Å². The average Bonchev–Trinajstić information content (AvgIpc) is 2.86. The maximum atomic E-state index is 9.88. The first kappa shape index (κ1) is 23.6. The first-order chi connectivity index (χ1) is 16.3. The zero-order valence-corrected chi connectivity index (χ0v) is 19.8. The summed E-state index contributed by atoms with van der Waals surface area (Å²) < 4.78 is 6.04. The Bertz CT molecular complexity index is 1040. The van der Waals surface area contributed by atoms with E-state index in [9.17, 15) is 5.11 Å². The van der Waals surface area contributed by atoms with Crippen LogP contribution in [0.5, 0.6) is 5.75 Å². The molecule has 1 heterocycles. The highest BCUT2D eigenvalue weighted by Crippen LogP contribution is 2.37. The van der Waals surface area contributed by atoms with Gasteiger partial charge in [-0.05, 0) is 78.4 Å². The number of benzene rings is 3. The maximum Gasteiger partial charge on any atom is 0.119 e. The lowest BCUT2D eigenvalue weighted by molar-refractivity contribution is 0.183. The van der Waals surface area contributed by atoms with Gasteiger partial charge in [0, 0.05) is 18.2 Å². The molecule has 3 nitrogen and oxygen atoms in total. The van der Waals surface area contributed by atoms with E-state index in [0.29, 0.717) is 18.1 Å². The fourth-order valence-electron chi connectivity index (χ4n) is 4.53. The summed E-state index contributed by atoms with van der Waals surface area (Å²) >= 11 is 6.58. The van der Waals surface area contributed by atoms with Crippen LogP contribution in [0.1, 0.15) is 42.4 Å². The molecule has 0 saturated carbocycles. The van der Waals surface area contributed by atoms with Crippen molar-refractivity contribution in [2.45, 2.75) is 25.7 Å². The summed E-state index contributed by atoms with van der Waals surface area (Å²) in [4.78, 5) is 2.49. The Morgan fingerprint density at radius 3 is 2.18 bits per heavy atom. The molecule has 0 aromatic heterocycles. The van der Waals surface area contributed by atoms with E-state index < -0.39 is 0 Å². The Balaban J connectivity index is 1.62. The van der Waals surface area contributed by atoms with Gasteiger partial charge in [-0.3, -0.25) is 4.90 Å². The predicted octanol–water partition coefficient (Wildman–Crippen LogP) is 6.55. The Hall–Kier alpha value is -2.59. The lowest BCUT2D eigenvalue weighted by Gasteiger charge is -2.26. The molecule has 3 aromatic carbocycles. The molecule has 4 heteroatoms. The highest BCUT2D eigenvalue weighted by atomic mass is 35.5. The molecule has 0 bridgehead atoms. The molecule has 0 spiro atoms. The summed E-state index contributed by atoms with van der Waals surface area (Å²) in [6.45, 7) is 4.10. The summed E-state index contributed by atoms with van der Waals surface area (Å²) in [5.41, 5.74) is 5.24. The molecule has 1 fully saturated rings. The Morgan fingerprint density at radius 1 is 0.818 bits per heavy atom. The monoisotopic (exact) mass is 461 g/mol. The zero-order valence-electron chi connectivity index (χ0n) is 19.1. The van der Waals surface area contributed by atoms with E-state index in [1.165, 1.54) is 32.4 Å². The van der Waals surface area contributed by atoms with Crippen LogP contribution in [0.4, 0.5) is 0 Å². The molecule has 1 aliphatic rings. The van der Waals surface area contributed by atoms with Crippen molar-refractivity contribution in [3.63, 3.8) is 0 Å². The van der Waals surface area contributed by atoms with Crippen molar-refractivity contribution in [3.05, 3.63) is 101 Å². The number of ether oxygens (including phenoxy) is 1. The van der Waals surface area contributed by atoms with Crippen molar-refractivity contribution in [1.82, 2.24) is 4.90 Å². The summed E-state index contributed by atoms with van der Waals surface area (Å²) in [7, 11) is 0. The van der Waals surface area contributed by atoms with Crippen molar-refractivity contribution in [2.75, 3.05) is 32.8 Å². The van der Waals surface area contributed by atoms with Crippen LogP contribution in [0.25, 0.3) is 11.1 Å². The van der Waals surface area contributed by atoms with E-state index in [2.05, 4.69) is 29.2 Å². The van der Waals surface area contributed by atoms with E-state index >= 15 is 0 Å². The normalized spacial score (nSPS) is 15.2. The SMILES string of the molecule is OCCC(=C(c1ccccc1)c1ccc(OCCN2CCCCC2)cc1)c1ccccc1Cl. The topological polar surface area (TPSA) is 32.7 Å². The molecule has 4 rings (SSSR count). The highest BCUT2D eigenvalue weighted by molar-refractivity contribution is 6.32. The Morgan fingerprint density at radius 2 is 1.48 bits per heavy atom. The highest BCUT2D eigenvalue weighted by Gasteiger charge is 2.16. The molecule has 0 amide bonds. The van der Waals surface area contributed by atoms with E-state index in [0.717, 1.165) is 40.1 Å².